The van der Waals surface area contributed by atoms with E-state index in [1.165, 1.54) is 5.56 Å². The highest BCUT2D eigenvalue weighted by Crippen LogP contribution is 2.30. The number of anilines is 2. The maximum Gasteiger partial charge on any atom is 0.231 e. The van der Waals surface area contributed by atoms with Crippen LogP contribution in [0.5, 0.6) is 0 Å². The molecule has 6 heteroatoms. The lowest BCUT2D eigenvalue weighted by molar-refractivity contribution is -0.135. The van der Waals surface area contributed by atoms with Crippen LogP contribution in [0.2, 0.25) is 0 Å². The molecule has 4 rings (SSSR count). The zero-order valence-corrected chi connectivity index (χ0v) is 18.7. The van der Waals surface area contributed by atoms with Gasteiger partial charge in [-0.05, 0) is 55.5 Å². The average Bonchev–Trinajstić information content (AvgIpc) is 2.74. The number of carbonyl (C=O) groups is 2. The molecule has 6 nitrogen and oxygen atoms in total. The lowest BCUT2D eigenvalue weighted by Crippen LogP contribution is -2.52. The minimum Gasteiger partial charge on any atom is -0.368 e. The third kappa shape index (κ3) is 4.73. The molecule has 0 saturated carbocycles. The Hall–Kier alpha value is -2.89. The summed E-state index contributed by atoms with van der Waals surface area (Å²) in [5.41, 5.74) is 4.24. The van der Waals surface area contributed by atoms with E-state index in [0.717, 1.165) is 56.1 Å². The van der Waals surface area contributed by atoms with E-state index in [1.807, 2.05) is 43.9 Å². The first-order valence-electron chi connectivity index (χ1n) is 11.3. The van der Waals surface area contributed by atoms with Crippen molar-refractivity contribution in [3.63, 3.8) is 0 Å². The molecule has 3 heterocycles. The first-order chi connectivity index (χ1) is 14.9. The van der Waals surface area contributed by atoms with Crippen LogP contribution in [0.4, 0.5) is 11.4 Å². The molecule has 1 aromatic heterocycles. The number of aryl methyl sites for hydroxylation is 1. The van der Waals surface area contributed by atoms with Gasteiger partial charge in [-0.2, -0.15) is 0 Å². The highest BCUT2D eigenvalue weighted by Gasteiger charge is 2.33. The highest BCUT2D eigenvalue weighted by molar-refractivity contribution is 5.94. The first kappa shape index (κ1) is 21.3. The van der Waals surface area contributed by atoms with Gasteiger partial charge in [0, 0.05) is 44.0 Å². The Morgan fingerprint density at radius 2 is 1.74 bits per heavy atom. The van der Waals surface area contributed by atoms with Crippen LogP contribution < -0.4 is 10.2 Å². The van der Waals surface area contributed by atoms with Crippen LogP contribution in [0.1, 0.15) is 43.9 Å². The molecule has 0 radical (unpaired) electrons. The number of nitrogens with zero attached hydrogens (tertiary/aromatic N) is 3. The summed E-state index contributed by atoms with van der Waals surface area (Å²) in [6.07, 6.45) is 3.78. The Balaban J connectivity index is 1.26. The fraction of sp³-hybridized carbons (Fsp3) is 0.480. The average molecular weight is 421 g/mol. The number of hydrogen-bond acceptors (Lipinski definition) is 4. The summed E-state index contributed by atoms with van der Waals surface area (Å²) in [4.78, 5) is 33.3. The maximum absolute atomic E-state index is 12.6. The van der Waals surface area contributed by atoms with Gasteiger partial charge in [0.2, 0.25) is 11.8 Å². The van der Waals surface area contributed by atoms with Gasteiger partial charge in [0.05, 0.1) is 17.3 Å². The number of hydrogen-bond donors (Lipinski definition) is 1. The van der Waals surface area contributed by atoms with Gasteiger partial charge < -0.3 is 15.1 Å². The van der Waals surface area contributed by atoms with Crippen LogP contribution in [0.25, 0.3) is 0 Å². The van der Waals surface area contributed by atoms with Crippen molar-refractivity contribution in [2.24, 2.45) is 11.8 Å². The molecule has 164 valence electrons. The van der Waals surface area contributed by atoms with Crippen LogP contribution in [0.15, 0.2) is 42.6 Å². The molecule has 0 atom stereocenters. The number of aromatic nitrogens is 1. The monoisotopic (exact) mass is 420 g/mol. The molecule has 1 aromatic carbocycles. The predicted octanol–water partition coefficient (Wildman–Crippen LogP) is 3.83. The van der Waals surface area contributed by atoms with Gasteiger partial charge in [-0.1, -0.05) is 26.0 Å². The number of pyridine rings is 1. The number of likely N-dealkylation sites (tertiary alicyclic amines) is 1. The topological polar surface area (TPSA) is 65.5 Å². The van der Waals surface area contributed by atoms with Gasteiger partial charge in [0.1, 0.15) is 0 Å². The summed E-state index contributed by atoms with van der Waals surface area (Å²) in [6, 6.07) is 12.2. The van der Waals surface area contributed by atoms with E-state index in [0.29, 0.717) is 5.92 Å². The molecule has 31 heavy (non-hydrogen) atoms. The van der Waals surface area contributed by atoms with E-state index in [9.17, 15) is 9.59 Å². The van der Waals surface area contributed by atoms with E-state index in [4.69, 9.17) is 0 Å². The number of benzene rings is 1. The Bertz CT molecular complexity index is 927. The molecule has 0 bridgehead atoms. The van der Waals surface area contributed by atoms with Crippen molar-refractivity contribution in [2.45, 2.75) is 39.5 Å². The van der Waals surface area contributed by atoms with Gasteiger partial charge in [-0.15, -0.1) is 0 Å². The maximum atomic E-state index is 12.6. The number of rotatable bonds is 5. The summed E-state index contributed by atoms with van der Waals surface area (Å²) >= 11 is 0. The van der Waals surface area contributed by atoms with E-state index < -0.39 is 0 Å². The molecule has 2 aliphatic rings. The quantitative estimate of drug-likeness (QED) is 0.799. The summed E-state index contributed by atoms with van der Waals surface area (Å²) < 4.78 is 0. The van der Waals surface area contributed by atoms with Crippen molar-refractivity contribution in [3.8, 4) is 0 Å². The van der Waals surface area contributed by atoms with Gasteiger partial charge >= 0.3 is 0 Å². The normalized spacial score (nSPS) is 17.5. The van der Waals surface area contributed by atoms with Crippen molar-refractivity contribution < 1.29 is 9.59 Å². The lowest BCUT2D eigenvalue weighted by Gasteiger charge is -2.40. The minimum absolute atomic E-state index is 0.00195. The van der Waals surface area contributed by atoms with Crippen molar-refractivity contribution in [2.75, 3.05) is 36.4 Å². The molecule has 1 N–H and O–H groups in total. The first-order valence-corrected chi connectivity index (χ1v) is 11.3. The smallest absolute Gasteiger partial charge is 0.231 e. The number of amides is 2. The van der Waals surface area contributed by atoms with E-state index in [-0.39, 0.29) is 23.7 Å². The predicted molar refractivity (Wildman–Crippen MR) is 123 cm³/mol. The molecule has 2 saturated heterocycles. The van der Waals surface area contributed by atoms with Crippen LogP contribution in [-0.2, 0) is 9.59 Å². The summed E-state index contributed by atoms with van der Waals surface area (Å²) in [5, 5.41) is 3.06. The number of piperidine rings is 1. The van der Waals surface area contributed by atoms with E-state index in [2.05, 4.69) is 33.4 Å². The van der Waals surface area contributed by atoms with Crippen molar-refractivity contribution >= 4 is 23.2 Å². The number of carbonyl (C=O) groups excluding carboxylic acids is 2. The third-order valence-electron chi connectivity index (χ3n) is 6.52. The molecular weight excluding hydrogens is 388 g/mol. The largest absolute Gasteiger partial charge is 0.368 e. The Labute approximate surface area is 184 Å². The molecule has 2 aliphatic heterocycles. The fourth-order valence-corrected chi connectivity index (χ4v) is 4.53. The Kier molecular flexibility index (Phi) is 6.25. The van der Waals surface area contributed by atoms with Crippen LogP contribution in [0, 0.1) is 18.8 Å². The van der Waals surface area contributed by atoms with Gasteiger partial charge in [0.15, 0.2) is 0 Å². The van der Waals surface area contributed by atoms with Crippen LogP contribution in [-0.4, -0.2) is 47.9 Å². The molecule has 0 aliphatic carbocycles. The molecule has 0 unspecified atom stereocenters. The van der Waals surface area contributed by atoms with Crippen LogP contribution in [0.3, 0.4) is 0 Å². The highest BCUT2D eigenvalue weighted by atomic mass is 16.2. The Morgan fingerprint density at radius 1 is 1.06 bits per heavy atom. The van der Waals surface area contributed by atoms with Crippen molar-refractivity contribution in [3.05, 3.63) is 53.9 Å². The summed E-state index contributed by atoms with van der Waals surface area (Å²) in [7, 11) is 0. The van der Waals surface area contributed by atoms with Gasteiger partial charge in [-0.25, -0.2) is 0 Å². The third-order valence-corrected chi connectivity index (χ3v) is 6.52. The fourth-order valence-electron chi connectivity index (χ4n) is 4.53. The number of nitrogens with one attached hydrogen (secondary N) is 1. The Morgan fingerprint density at radius 3 is 2.35 bits per heavy atom. The standard InChI is InChI=1S/C25H32N4O2/c1-17(2)25(31)28-13-10-20(11-14-28)19-6-8-22(9-7-19)27-24(30)21-15-29(16-21)23-5-4-12-26-18(23)3/h4-9,12,17,20-21H,10-11,13-16H2,1-3H3,(H,27,30). The zero-order chi connectivity index (χ0) is 22.0. The second kappa shape index (κ2) is 9.08. The lowest BCUT2D eigenvalue weighted by atomic mass is 9.89. The zero-order valence-electron chi connectivity index (χ0n) is 18.7. The second-order valence-electron chi connectivity index (χ2n) is 9.08. The van der Waals surface area contributed by atoms with Crippen molar-refractivity contribution in [1.29, 1.82) is 0 Å². The van der Waals surface area contributed by atoms with Crippen LogP contribution >= 0.6 is 0 Å². The van der Waals surface area contributed by atoms with E-state index >= 15 is 0 Å². The molecular formula is C25H32N4O2. The summed E-state index contributed by atoms with van der Waals surface area (Å²) in [6.45, 7) is 9.03. The summed E-state index contributed by atoms with van der Waals surface area (Å²) in [5.74, 6) is 0.873. The minimum atomic E-state index is 0.00195. The molecule has 0 spiro atoms. The molecule has 2 fully saturated rings. The molecule has 2 amide bonds. The van der Waals surface area contributed by atoms with E-state index in [1.54, 1.807) is 6.20 Å². The van der Waals surface area contributed by atoms with Gasteiger partial charge in [-0.3, -0.25) is 14.6 Å². The second-order valence-corrected chi connectivity index (χ2v) is 9.08. The van der Waals surface area contributed by atoms with Crippen molar-refractivity contribution in [1.82, 2.24) is 9.88 Å². The van der Waals surface area contributed by atoms with Gasteiger partial charge in [0.25, 0.3) is 0 Å². The molecule has 2 aromatic rings. The SMILES string of the molecule is Cc1ncccc1N1CC(C(=O)Nc2ccc(C3CCN(C(=O)C(C)C)CC3)cc2)C1.